The van der Waals surface area contributed by atoms with Gasteiger partial charge in [-0.05, 0) is 37.5 Å². The number of aryl methyl sites for hydroxylation is 1. The number of carbonyl (C=O) groups is 2. The number of ketones is 1. The van der Waals surface area contributed by atoms with Gasteiger partial charge in [0.1, 0.15) is 0 Å². The van der Waals surface area contributed by atoms with Crippen molar-refractivity contribution in [2.24, 2.45) is 0 Å². The van der Waals surface area contributed by atoms with Crippen LogP contribution in [0.5, 0.6) is 0 Å². The topological polar surface area (TPSA) is 43.4 Å². The first-order valence-corrected chi connectivity index (χ1v) is 5.95. The van der Waals surface area contributed by atoms with Gasteiger partial charge >= 0.3 is 5.97 Å². The summed E-state index contributed by atoms with van der Waals surface area (Å²) >= 11 is 5.84. The first-order chi connectivity index (χ1) is 8.13. The second-order valence-corrected chi connectivity index (χ2v) is 4.06. The lowest BCUT2D eigenvalue weighted by atomic mass is 10.1. The number of esters is 1. The maximum Gasteiger partial charge on any atom is 0.374 e. The number of rotatable bonds is 6. The monoisotopic (exact) mass is 254 g/mol. The van der Waals surface area contributed by atoms with Gasteiger partial charge in [-0.3, -0.25) is 4.79 Å². The van der Waals surface area contributed by atoms with Crippen molar-refractivity contribution in [1.82, 2.24) is 0 Å². The summed E-state index contributed by atoms with van der Waals surface area (Å²) in [6, 6.07) is 7.47. The normalized spacial score (nSPS) is 10.0. The first-order valence-electron chi connectivity index (χ1n) is 5.58. The van der Waals surface area contributed by atoms with E-state index in [1.165, 1.54) is 0 Å². The molecule has 0 aromatic heterocycles. The van der Waals surface area contributed by atoms with Crippen molar-refractivity contribution >= 4 is 23.4 Å². The third kappa shape index (κ3) is 5.00. The van der Waals surface area contributed by atoms with Gasteiger partial charge in [0.05, 0.1) is 6.61 Å². The third-order valence-electron chi connectivity index (χ3n) is 2.26. The number of ether oxygens (including phenoxy) is 1. The number of benzene rings is 1. The Kier molecular flexibility index (Phi) is 5.70. The van der Waals surface area contributed by atoms with Gasteiger partial charge in [-0.15, -0.1) is 0 Å². The van der Waals surface area contributed by atoms with Crippen LogP contribution < -0.4 is 0 Å². The Morgan fingerprint density at radius 2 is 2.12 bits per heavy atom. The van der Waals surface area contributed by atoms with Crippen LogP contribution in [-0.4, -0.2) is 18.4 Å². The second kappa shape index (κ2) is 7.07. The molecule has 0 heterocycles. The van der Waals surface area contributed by atoms with Crippen LogP contribution in [0.2, 0.25) is 5.02 Å². The Morgan fingerprint density at radius 3 is 2.76 bits per heavy atom. The first kappa shape index (κ1) is 13.7. The van der Waals surface area contributed by atoms with Crippen LogP contribution in [0.1, 0.15) is 25.3 Å². The lowest BCUT2D eigenvalue weighted by Crippen LogP contribution is -2.17. The Labute approximate surface area is 106 Å². The van der Waals surface area contributed by atoms with Crippen molar-refractivity contribution < 1.29 is 14.3 Å². The molecule has 0 fully saturated rings. The quantitative estimate of drug-likeness (QED) is 0.579. The van der Waals surface area contributed by atoms with E-state index in [2.05, 4.69) is 4.74 Å². The maximum atomic E-state index is 11.3. The minimum Gasteiger partial charge on any atom is -0.460 e. The Balaban J connectivity index is 2.33. The fourth-order valence-corrected chi connectivity index (χ4v) is 1.67. The largest absolute Gasteiger partial charge is 0.460 e. The molecular weight excluding hydrogens is 240 g/mol. The predicted molar refractivity (Wildman–Crippen MR) is 66.0 cm³/mol. The summed E-state index contributed by atoms with van der Waals surface area (Å²) < 4.78 is 4.62. The van der Waals surface area contributed by atoms with Crippen LogP contribution >= 0.6 is 11.6 Å². The van der Waals surface area contributed by atoms with E-state index >= 15 is 0 Å². The van der Waals surface area contributed by atoms with E-state index in [4.69, 9.17) is 11.6 Å². The third-order valence-corrected chi connectivity index (χ3v) is 2.50. The molecule has 0 saturated heterocycles. The van der Waals surface area contributed by atoms with Gasteiger partial charge in [-0.2, -0.15) is 0 Å². The molecule has 0 aliphatic rings. The summed E-state index contributed by atoms with van der Waals surface area (Å²) in [4.78, 5) is 22.3. The average molecular weight is 255 g/mol. The van der Waals surface area contributed by atoms with E-state index < -0.39 is 11.8 Å². The summed E-state index contributed by atoms with van der Waals surface area (Å²) in [7, 11) is 0. The molecule has 1 aromatic carbocycles. The van der Waals surface area contributed by atoms with Crippen LogP contribution in [0.25, 0.3) is 0 Å². The second-order valence-electron chi connectivity index (χ2n) is 3.63. The van der Waals surface area contributed by atoms with Gasteiger partial charge in [0.25, 0.3) is 0 Å². The van der Waals surface area contributed by atoms with Crippen molar-refractivity contribution in [2.45, 2.75) is 26.2 Å². The zero-order valence-electron chi connectivity index (χ0n) is 9.74. The molecule has 3 nitrogen and oxygen atoms in total. The molecule has 1 aromatic rings. The standard InChI is InChI=1S/C13H15ClO3/c1-2-17-13(16)12(15)8-4-6-10-5-3-7-11(14)9-10/h3,5,7,9H,2,4,6,8H2,1H3. The molecule has 17 heavy (non-hydrogen) atoms. The van der Waals surface area contributed by atoms with Gasteiger partial charge in [-0.1, -0.05) is 23.7 Å². The number of halogens is 1. The zero-order chi connectivity index (χ0) is 12.7. The van der Waals surface area contributed by atoms with Crippen LogP contribution in [-0.2, 0) is 20.7 Å². The van der Waals surface area contributed by atoms with Crippen LogP contribution in [0, 0.1) is 0 Å². The highest BCUT2D eigenvalue weighted by molar-refractivity contribution is 6.33. The predicted octanol–water partition coefficient (Wildman–Crippen LogP) is 2.79. The molecule has 0 aliphatic heterocycles. The highest BCUT2D eigenvalue weighted by atomic mass is 35.5. The van der Waals surface area contributed by atoms with E-state index in [0.717, 1.165) is 12.0 Å². The van der Waals surface area contributed by atoms with Crippen molar-refractivity contribution in [1.29, 1.82) is 0 Å². The van der Waals surface area contributed by atoms with E-state index in [1.54, 1.807) is 13.0 Å². The van der Waals surface area contributed by atoms with Gasteiger partial charge in [0.15, 0.2) is 0 Å². The summed E-state index contributed by atoms with van der Waals surface area (Å²) in [5.74, 6) is -1.20. The van der Waals surface area contributed by atoms with Crippen LogP contribution in [0.15, 0.2) is 24.3 Å². The van der Waals surface area contributed by atoms with E-state index in [-0.39, 0.29) is 13.0 Å². The number of hydrogen-bond donors (Lipinski definition) is 0. The van der Waals surface area contributed by atoms with Crippen molar-refractivity contribution in [3.63, 3.8) is 0 Å². The van der Waals surface area contributed by atoms with Gasteiger partial charge in [0, 0.05) is 11.4 Å². The molecule has 0 atom stereocenters. The highest BCUT2D eigenvalue weighted by Crippen LogP contribution is 2.12. The van der Waals surface area contributed by atoms with Crippen molar-refractivity contribution in [2.75, 3.05) is 6.61 Å². The lowest BCUT2D eigenvalue weighted by Gasteiger charge is -2.02. The molecule has 0 radical (unpaired) electrons. The minimum atomic E-state index is -0.737. The summed E-state index contributed by atoms with van der Waals surface area (Å²) in [6.45, 7) is 1.91. The average Bonchev–Trinajstić information content (AvgIpc) is 2.29. The summed E-state index contributed by atoms with van der Waals surface area (Å²) in [5, 5.41) is 0.680. The molecule has 0 bridgehead atoms. The molecule has 0 saturated carbocycles. The minimum absolute atomic E-state index is 0.214. The summed E-state index contributed by atoms with van der Waals surface area (Å²) in [6.07, 6.45) is 1.56. The highest BCUT2D eigenvalue weighted by Gasteiger charge is 2.13. The molecule has 0 spiro atoms. The van der Waals surface area contributed by atoms with E-state index in [0.29, 0.717) is 11.4 Å². The molecule has 0 aliphatic carbocycles. The van der Waals surface area contributed by atoms with Gasteiger partial charge < -0.3 is 4.74 Å². The molecule has 92 valence electrons. The van der Waals surface area contributed by atoms with Gasteiger partial charge in [0.2, 0.25) is 5.78 Å². The number of hydrogen-bond acceptors (Lipinski definition) is 3. The Hall–Kier alpha value is -1.35. The molecule has 4 heteroatoms. The summed E-state index contributed by atoms with van der Waals surface area (Å²) in [5.41, 5.74) is 1.06. The number of carbonyl (C=O) groups excluding carboxylic acids is 2. The SMILES string of the molecule is CCOC(=O)C(=O)CCCc1cccc(Cl)c1. The van der Waals surface area contributed by atoms with Gasteiger partial charge in [-0.25, -0.2) is 4.79 Å². The number of Topliss-reactive ketones (excluding diaryl/α,β-unsaturated/α-hetero) is 1. The fourth-order valence-electron chi connectivity index (χ4n) is 1.46. The van der Waals surface area contributed by atoms with E-state index in [1.807, 2.05) is 18.2 Å². The smallest absolute Gasteiger partial charge is 0.374 e. The molecular formula is C13H15ClO3. The lowest BCUT2D eigenvalue weighted by molar-refractivity contribution is -0.153. The van der Waals surface area contributed by atoms with Crippen LogP contribution in [0.4, 0.5) is 0 Å². The molecule has 0 unspecified atom stereocenters. The van der Waals surface area contributed by atoms with E-state index in [9.17, 15) is 9.59 Å². The van der Waals surface area contributed by atoms with Crippen molar-refractivity contribution in [3.05, 3.63) is 34.9 Å². The molecule has 0 amide bonds. The zero-order valence-corrected chi connectivity index (χ0v) is 10.5. The Bertz CT molecular complexity index is 401. The fraction of sp³-hybridized carbons (Fsp3) is 0.385. The van der Waals surface area contributed by atoms with Crippen LogP contribution in [0.3, 0.4) is 0 Å². The Morgan fingerprint density at radius 1 is 1.35 bits per heavy atom. The molecule has 0 N–H and O–H groups in total. The van der Waals surface area contributed by atoms with Crippen molar-refractivity contribution in [3.8, 4) is 0 Å². The maximum absolute atomic E-state index is 11.3. The molecule has 1 rings (SSSR count).